The van der Waals surface area contributed by atoms with E-state index in [1.807, 2.05) is 0 Å². The highest BCUT2D eigenvalue weighted by Crippen LogP contribution is 2.33. The molecule has 1 aliphatic heterocycles. The van der Waals surface area contributed by atoms with Crippen LogP contribution in [0.1, 0.15) is 6.42 Å². The molecular formula is C16H21N3O4. The van der Waals surface area contributed by atoms with Gasteiger partial charge in [0.15, 0.2) is 11.5 Å². The third-order valence-corrected chi connectivity index (χ3v) is 3.55. The van der Waals surface area contributed by atoms with Gasteiger partial charge in [-0.1, -0.05) is 6.08 Å². The maximum absolute atomic E-state index is 12.2. The Kier molecular flexibility index (Phi) is 5.46. The number of nitrogens with zero attached hydrogens (tertiary/aromatic N) is 1. The average Bonchev–Trinajstić information content (AvgIpc) is 2.92. The molecule has 0 spiro atoms. The minimum atomic E-state index is -0.308. The Bertz CT molecular complexity index is 603. The summed E-state index contributed by atoms with van der Waals surface area (Å²) >= 11 is 0. The van der Waals surface area contributed by atoms with Crippen molar-refractivity contribution in [1.29, 1.82) is 0 Å². The number of hydrogen-bond acceptors (Lipinski definition) is 4. The van der Waals surface area contributed by atoms with Crippen molar-refractivity contribution in [1.82, 2.24) is 10.6 Å². The predicted octanol–water partition coefficient (Wildman–Crippen LogP) is 1.29. The van der Waals surface area contributed by atoms with E-state index >= 15 is 0 Å². The summed E-state index contributed by atoms with van der Waals surface area (Å²) in [4.78, 5) is 25.5. The van der Waals surface area contributed by atoms with Crippen molar-refractivity contribution >= 4 is 17.6 Å². The fraction of sp³-hybridized carbons (Fsp3) is 0.375. The number of urea groups is 1. The number of ether oxygens (including phenoxy) is 2. The van der Waals surface area contributed by atoms with Crippen LogP contribution < -0.4 is 25.0 Å². The fourth-order valence-electron chi connectivity index (χ4n) is 2.45. The second-order valence-electron chi connectivity index (χ2n) is 5.09. The van der Waals surface area contributed by atoms with E-state index in [0.29, 0.717) is 30.3 Å². The summed E-state index contributed by atoms with van der Waals surface area (Å²) in [6.07, 6.45) is 1.85. The minimum Gasteiger partial charge on any atom is -0.493 e. The first-order valence-electron chi connectivity index (χ1n) is 7.26. The van der Waals surface area contributed by atoms with Gasteiger partial charge in [-0.25, -0.2) is 4.79 Å². The van der Waals surface area contributed by atoms with Crippen LogP contribution in [0.15, 0.2) is 30.9 Å². The SMILES string of the molecule is C=CCNC(=O)NC1CC(=O)N(c2ccc(OC)c(OC)c2)C1. The van der Waals surface area contributed by atoms with Crippen LogP contribution in [-0.2, 0) is 4.79 Å². The van der Waals surface area contributed by atoms with E-state index in [4.69, 9.17) is 9.47 Å². The van der Waals surface area contributed by atoms with Crippen LogP contribution in [-0.4, -0.2) is 45.3 Å². The zero-order valence-corrected chi connectivity index (χ0v) is 13.3. The van der Waals surface area contributed by atoms with Crippen molar-refractivity contribution in [3.63, 3.8) is 0 Å². The molecule has 1 aliphatic rings. The van der Waals surface area contributed by atoms with Gasteiger partial charge in [-0.05, 0) is 12.1 Å². The molecular weight excluding hydrogens is 298 g/mol. The van der Waals surface area contributed by atoms with Gasteiger partial charge in [-0.3, -0.25) is 4.79 Å². The maximum Gasteiger partial charge on any atom is 0.315 e. The number of methoxy groups -OCH3 is 2. The Balaban J connectivity index is 2.05. The third kappa shape index (κ3) is 3.94. The number of nitrogens with one attached hydrogen (secondary N) is 2. The Labute approximate surface area is 135 Å². The summed E-state index contributed by atoms with van der Waals surface area (Å²) in [6, 6.07) is 4.74. The van der Waals surface area contributed by atoms with Gasteiger partial charge < -0.3 is 25.0 Å². The molecule has 7 heteroatoms. The van der Waals surface area contributed by atoms with E-state index in [1.165, 1.54) is 0 Å². The van der Waals surface area contributed by atoms with Crippen LogP contribution in [0.2, 0.25) is 0 Å². The standard InChI is InChI=1S/C16H21N3O4/c1-4-7-17-16(21)18-11-8-15(20)19(10-11)12-5-6-13(22-2)14(9-12)23-3/h4-6,9,11H,1,7-8,10H2,2-3H3,(H2,17,18,21). The highest BCUT2D eigenvalue weighted by Gasteiger charge is 2.32. The first-order chi connectivity index (χ1) is 11.1. The molecule has 3 amide bonds. The number of hydrogen-bond donors (Lipinski definition) is 2. The summed E-state index contributed by atoms with van der Waals surface area (Å²) in [5.74, 6) is 1.10. The number of carbonyl (C=O) groups is 2. The second kappa shape index (κ2) is 7.53. The van der Waals surface area contributed by atoms with E-state index in [2.05, 4.69) is 17.2 Å². The van der Waals surface area contributed by atoms with E-state index in [-0.39, 0.29) is 24.4 Å². The largest absolute Gasteiger partial charge is 0.493 e. The lowest BCUT2D eigenvalue weighted by molar-refractivity contribution is -0.117. The van der Waals surface area contributed by atoms with Gasteiger partial charge in [-0.15, -0.1) is 6.58 Å². The van der Waals surface area contributed by atoms with E-state index in [1.54, 1.807) is 43.4 Å². The third-order valence-electron chi connectivity index (χ3n) is 3.55. The number of carbonyl (C=O) groups excluding carboxylic acids is 2. The van der Waals surface area contributed by atoms with Crippen molar-refractivity contribution in [2.24, 2.45) is 0 Å². The Morgan fingerprint density at radius 1 is 1.39 bits per heavy atom. The van der Waals surface area contributed by atoms with Crippen molar-refractivity contribution in [3.05, 3.63) is 30.9 Å². The molecule has 1 atom stereocenters. The molecule has 0 aromatic heterocycles. The summed E-state index contributed by atoms with van der Waals surface area (Å²) < 4.78 is 10.4. The van der Waals surface area contributed by atoms with Gasteiger partial charge in [0.05, 0.1) is 20.3 Å². The lowest BCUT2D eigenvalue weighted by atomic mass is 10.2. The molecule has 7 nitrogen and oxygen atoms in total. The van der Waals surface area contributed by atoms with Crippen LogP contribution in [0.3, 0.4) is 0 Å². The highest BCUT2D eigenvalue weighted by atomic mass is 16.5. The molecule has 0 radical (unpaired) electrons. The van der Waals surface area contributed by atoms with Crippen molar-refractivity contribution in [2.45, 2.75) is 12.5 Å². The number of amides is 3. The van der Waals surface area contributed by atoms with E-state index < -0.39 is 0 Å². The molecule has 2 N–H and O–H groups in total. The summed E-state index contributed by atoms with van der Waals surface area (Å²) in [5, 5.41) is 5.41. The predicted molar refractivity (Wildman–Crippen MR) is 87.0 cm³/mol. The zero-order chi connectivity index (χ0) is 16.8. The molecule has 1 aromatic carbocycles. The van der Waals surface area contributed by atoms with Gasteiger partial charge in [0.25, 0.3) is 0 Å². The first-order valence-corrected chi connectivity index (χ1v) is 7.26. The molecule has 1 heterocycles. The summed E-state index contributed by atoms with van der Waals surface area (Å²) in [7, 11) is 3.10. The molecule has 0 aliphatic carbocycles. The first kappa shape index (κ1) is 16.7. The van der Waals surface area contributed by atoms with Crippen molar-refractivity contribution in [3.8, 4) is 11.5 Å². The lowest BCUT2D eigenvalue weighted by Gasteiger charge is -2.19. The molecule has 1 saturated heterocycles. The number of benzene rings is 1. The molecule has 1 aromatic rings. The molecule has 1 fully saturated rings. The van der Waals surface area contributed by atoms with Gasteiger partial charge in [0.1, 0.15) is 0 Å². The van der Waals surface area contributed by atoms with Crippen LogP contribution in [0, 0.1) is 0 Å². The Morgan fingerprint density at radius 3 is 2.78 bits per heavy atom. The molecule has 1 unspecified atom stereocenters. The van der Waals surface area contributed by atoms with Crippen molar-refractivity contribution in [2.75, 3.05) is 32.2 Å². The van der Waals surface area contributed by atoms with Crippen molar-refractivity contribution < 1.29 is 19.1 Å². The molecule has 0 bridgehead atoms. The number of anilines is 1. The molecule has 0 saturated carbocycles. The maximum atomic E-state index is 12.2. The van der Waals surface area contributed by atoms with Gasteiger partial charge >= 0.3 is 6.03 Å². The lowest BCUT2D eigenvalue weighted by Crippen LogP contribution is -2.43. The quantitative estimate of drug-likeness (QED) is 0.775. The van der Waals surface area contributed by atoms with Gasteiger partial charge in [0.2, 0.25) is 5.91 Å². The van der Waals surface area contributed by atoms with Crippen LogP contribution in [0.4, 0.5) is 10.5 Å². The van der Waals surface area contributed by atoms with E-state index in [0.717, 1.165) is 0 Å². The number of rotatable bonds is 6. The van der Waals surface area contributed by atoms with Crippen LogP contribution in [0.5, 0.6) is 11.5 Å². The molecule has 23 heavy (non-hydrogen) atoms. The van der Waals surface area contributed by atoms with Crippen LogP contribution >= 0.6 is 0 Å². The summed E-state index contributed by atoms with van der Waals surface area (Å²) in [5.41, 5.74) is 0.712. The highest BCUT2D eigenvalue weighted by molar-refractivity contribution is 5.97. The zero-order valence-electron chi connectivity index (χ0n) is 13.3. The molecule has 2 rings (SSSR count). The monoisotopic (exact) mass is 319 g/mol. The van der Waals surface area contributed by atoms with E-state index in [9.17, 15) is 9.59 Å². The normalized spacial score (nSPS) is 16.9. The second-order valence-corrected chi connectivity index (χ2v) is 5.09. The minimum absolute atomic E-state index is 0.0498. The summed E-state index contributed by atoms with van der Waals surface area (Å²) in [6.45, 7) is 4.33. The fourth-order valence-corrected chi connectivity index (χ4v) is 2.45. The molecule has 124 valence electrons. The van der Waals surface area contributed by atoms with Gasteiger partial charge in [-0.2, -0.15) is 0 Å². The van der Waals surface area contributed by atoms with Gasteiger partial charge in [0, 0.05) is 31.3 Å². The van der Waals surface area contributed by atoms with Crippen LogP contribution in [0.25, 0.3) is 0 Å². The average molecular weight is 319 g/mol. The topological polar surface area (TPSA) is 79.9 Å². The Morgan fingerprint density at radius 2 is 2.13 bits per heavy atom. The smallest absolute Gasteiger partial charge is 0.315 e. The Hall–Kier alpha value is -2.70.